The number of allylic oxidation sites excluding steroid dienone is 1. The van der Waals surface area contributed by atoms with Gasteiger partial charge in [-0.3, -0.25) is 0 Å². The van der Waals surface area contributed by atoms with Gasteiger partial charge >= 0.3 is 0 Å². The molecule has 0 amide bonds. The molecule has 128 valence electrons. The van der Waals surface area contributed by atoms with Gasteiger partial charge in [0.05, 0.1) is 13.2 Å². The third kappa shape index (κ3) is 6.88. The second kappa shape index (κ2) is 10.6. The molecule has 1 heterocycles. The minimum Gasteiger partial charge on any atom is -0.348 e. The third-order valence-electron chi connectivity index (χ3n) is 4.65. The lowest BCUT2D eigenvalue weighted by Crippen LogP contribution is -2.30. The van der Waals surface area contributed by atoms with Crippen molar-refractivity contribution in [3.05, 3.63) is 48.6 Å². The summed E-state index contributed by atoms with van der Waals surface area (Å²) in [4.78, 5) is 0. The van der Waals surface area contributed by atoms with Gasteiger partial charge in [-0.1, -0.05) is 49.2 Å². The van der Waals surface area contributed by atoms with Gasteiger partial charge in [0.2, 0.25) is 0 Å². The van der Waals surface area contributed by atoms with Gasteiger partial charge in [-0.2, -0.15) is 0 Å². The Morgan fingerprint density at radius 1 is 0.870 bits per heavy atom. The van der Waals surface area contributed by atoms with Gasteiger partial charge in [0.1, 0.15) is 0 Å². The number of aryl methyl sites for hydroxylation is 1. The highest BCUT2D eigenvalue weighted by atomic mass is 16.7. The van der Waals surface area contributed by atoms with E-state index in [2.05, 4.69) is 36.9 Å². The van der Waals surface area contributed by atoms with E-state index in [1.165, 1.54) is 44.1 Å². The summed E-state index contributed by atoms with van der Waals surface area (Å²) in [5, 5.41) is 0. The molecule has 0 spiro atoms. The van der Waals surface area contributed by atoms with Crippen LogP contribution in [0, 0.1) is 0 Å². The Morgan fingerprint density at radius 3 is 2.22 bits per heavy atom. The molecular weight excluding hydrogens is 284 g/mol. The van der Waals surface area contributed by atoms with E-state index in [9.17, 15) is 0 Å². The molecule has 2 nitrogen and oxygen atoms in total. The molecule has 1 saturated heterocycles. The lowest BCUT2D eigenvalue weighted by atomic mass is 9.98. The van der Waals surface area contributed by atoms with E-state index in [-0.39, 0.29) is 5.79 Å². The molecule has 0 radical (unpaired) electrons. The SMILES string of the molecule is C=CCCCCCCC1(CCCCc2ccccc2)OCCO1. The van der Waals surface area contributed by atoms with Gasteiger partial charge in [0, 0.05) is 12.8 Å². The molecule has 0 atom stereocenters. The van der Waals surface area contributed by atoms with Gasteiger partial charge in [0.25, 0.3) is 0 Å². The standard InChI is InChI=1S/C21H32O2/c1-2-3-4-5-6-11-16-21(22-18-19-23-21)17-12-10-15-20-13-8-7-9-14-20/h2,7-9,13-14H,1,3-6,10-12,15-19H2. The van der Waals surface area contributed by atoms with Crippen LogP contribution in [0.4, 0.5) is 0 Å². The monoisotopic (exact) mass is 316 g/mol. The number of unbranched alkanes of at least 4 members (excludes halogenated alkanes) is 5. The van der Waals surface area contributed by atoms with Crippen molar-refractivity contribution in [3.8, 4) is 0 Å². The zero-order chi connectivity index (χ0) is 16.2. The first kappa shape index (κ1) is 18.2. The van der Waals surface area contributed by atoms with Crippen LogP contribution < -0.4 is 0 Å². The second-order valence-electron chi connectivity index (χ2n) is 6.54. The summed E-state index contributed by atoms with van der Waals surface area (Å²) in [5.41, 5.74) is 1.43. The minimum absolute atomic E-state index is 0.283. The zero-order valence-corrected chi connectivity index (χ0v) is 14.5. The molecule has 0 bridgehead atoms. The molecule has 0 aromatic heterocycles. The van der Waals surface area contributed by atoms with E-state index in [4.69, 9.17) is 9.47 Å². The van der Waals surface area contributed by atoms with Crippen LogP contribution in [0.25, 0.3) is 0 Å². The molecule has 2 heteroatoms. The fraction of sp³-hybridized carbons (Fsp3) is 0.619. The first-order valence-electron chi connectivity index (χ1n) is 9.27. The number of rotatable bonds is 12. The average molecular weight is 316 g/mol. The molecule has 0 saturated carbocycles. The van der Waals surface area contributed by atoms with Crippen LogP contribution in [-0.2, 0) is 15.9 Å². The van der Waals surface area contributed by atoms with Crippen LogP contribution in [-0.4, -0.2) is 19.0 Å². The second-order valence-corrected chi connectivity index (χ2v) is 6.54. The molecule has 1 aliphatic rings. The quantitative estimate of drug-likeness (QED) is 0.365. The van der Waals surface area contributed by atoms with E-state index >= 15 is 0 Å². The first-order chi connectivity index (χ1) is 11.3. The number of hydrogen-bond donors (Lipinski definition) is 0. The Kier molecular flexibility index (Phi) is 8.41. The minimum atomic E-state index is -0.283. The Balaban J connectivity index is 1.63. The van der Waals surface area contributed by atoms with Crippen LogP contribution in [0.5, 0.6) is 0 Å². The predicted octanol–water partition coefficient (Wildman–Crippen LogP) is 5.67. The van der Waals surface area contributed by atoms with Gasteiger partial charge in [-0.05, 0) is 44.1 Å². The summed E-state index contributed by atoms with van der Waals surface area (Å²) < 4.78 is 12.0. The summed E-state index contributed by atoms with van der Waals surface area (Å²) >= 11 is 0. The summed E-state index contributed by atoms with van der Waals surface area (Å²) in [6, 6.07) is 10.7. The molecular formula is C21H32O2. The van der Waals surface area contributed by atoms with E-state index < -0.39 is 0 Å². The molecule has 1 fully saturated rings. The Hall–Kier alpha value is -1.12. The largest absolute Gasteiger partial charge is 0.348 e. The smallest absolute Gasteiger partial charge is 0.168 e. The zero-order valence-electron chi connectivity index (χ0n) is 14.5. The van der Waals surface area contributed by atoms with Crippen molar-refractivity contribution in [3.63, 3.8) is 0 Å². The molecule has 0 unspecified atom stereocenters. The normalized spacial score (nSPS) is 16.5. The molecule has 1 aromatic rings. The average Bonchev–Trinajstić information content (AvgIpc) is 3.05. The fourth-order valence-corrected chi connectivity index (χ4v) is 3.32. The first-order valence-corrected chi connectivity index (χ1v) is 9.27. The Bertz CT molecular complexity index is 421. The van der Waals surface area contributed by atoms with Crippen LogP contribution in [0.2, 0.25) is 0 Å². The molecule has 0 aliphatic carbocycles. The van der Waals surface area contributed by atoms with Crippen LogP contribution >= 0.6 is 0 Å². The maximum atomic E-state index is 5.98. The lowest BCUT2D eigenvalue weighted by molar-refractivity contribution is -0.168. The van der Waals surface area contributed by atoms with Crippen LogP contribution in [0.1, 0.15) is 63.4 Å². The molecule has 2 rings (SSSR count). The van der Waals surface area contributed by atoms with Crippen molar-refractivity contribution in [1.82, 2.24) is 0 Å². The van der Waals surface area contributed by atoms with E-state index in [0.29, 0.717) is 0 Å². The van der Waals surface area contributed by atoms with Gasteiger partial charge in [0.15, 0.2) is 5.79 Å². The predicted molar refractivity (Wildman–Crippen MR) is 96.5 cm³/mol. The van der Waals surface area contributed by atoms with Crippen LogP contribution in [0.3, 0.4) is 0 Å². The summed E-state index contributed by atoms with van der Waals surface area (Å²) in [7, 11) is 0. The summed E-state index contributed by atoms with van der Waals surface area (Å²) in [6.07, 6.45) is 13.8. The lowest BCUT2D eigenvalue weighted by Gasteiger charge is -2.27. The van der Waals surface area contributed by atoms with Crippen molar-refractivity contribution < 1.29 is 9.47 Å². The number of benzene rings is 1. The van der Waals surface area contributed by atoms with Crippen molar-refractivity contribution >= 4 is 0 Å². The Labute approximate surface area is 141 Å². The molecule has 0 N–H and O–H groups in total. The summed E-state index contributed by atoms with van der Waals surface area (Å²) in [6.45, 7) is 5.29. The highest BCUT2D eigenvalue weighted by molar-refractivity contribution is 5.14. The maximum Gasteiger partial charge on any atom is 0.168 e. The van der Waals surface area contributed by atoms with E-state index in [0.717, 1.165) is 38.9 Å². The van der Waals surface area contributed by atoms with Crippen molar-refractivity contribution in [1.29, 1.82) is 0 Å². The maximum absolute atomic E-state index is 5.98. The molecule has 1 aromatic carbocycles. The van der Waals surface area contributed by atoms with E-state index in [1.54, 1.807) is 0 Å². The van der Waals surface area contributed by atoms with Gasteiger partial charge in [-0.15, -0.1) is 6.58 Å². The fourth-order valence-electron chi connectivity index (χ4n) is 3.32. The molecule has 1 aliphatic heterocycles. The van der Waals surface area contributed by atoms with Gasteiger partial charge in [-0.25, -0.2) is 0 Å². The van der Waals surface area contributed by atoms with Gasteiger partial charge < -0.3 is 9.47 Å². The summed E-state index contributed by atoms with van der Waals surface area (Å²) in [5.74, 6) is -0.283. The van der Waals surface area contributed by atoms with Crippen molar-refractivity contribution in [2.24, 2.45) is 0 Å². The topological polar surface area (TPSA) is 18.5 Å². The number of ether oxygens (including phenoxy) is 2. The number of hydrogen-bond acceptors (Lipinski definition) is 2. The highest BCUT2D eigenvalue weighted by Gasteiger charge is 2.35. The Morgan fingerprint density at radius 2 is 1.52 bits per heavy atom. The molecule has 23 heavy (non-hydrogen) atoms. The van der Waals surface area contributed by atoms with Crippen molar-refractivity contribution in [2.75, 3.05) is 13.2 Å². The van der Waals surface area contributed by atoms with E-state index in [1.807, 2.05) is 6.08 Å². The third-order valence-corrected chi connectivity index (χ3v) is 4.65. The highest BCUT2D eigenvalue weighted by Crippen LogP contribution is 2.31. The van der Waals surface area contributed by atoms with Crippen molar-refractivity contribution in [2.45, 2.75) is 70.0 Å². The van der Waals surface area contributed by atoms with Crippen LogP contribution in [0.15, 0.2) is 43.0 Å².